The SMILES string of the molecule is O=c1c(NCCC2CCC(OC3CCCCC3)CC2)c(NC2CCNCC2)c1=O. The van der Waals surface area contributed by atoms with E-state index >= 15 is 0 Å². The molecule has 2 aliphatic carbocycles. The number of piperidine rings is 1. The van der Waals surface area contributed by atoms with E-state index in [9.17, 15) is 9.59 Å². The Morgan fingerprint density at radius 3 is 2.17 bits per heavy atom. The van der Waals surface area contributed by atoms with Gasteiger partial charge in [-0.3, -0.25) is 9.59 Å². The summed E-state index contributed by atoms with van der Waals surface area (Å²) in [5.41, 5.74) is 0.326. The van der Waals surface area contributed by atoms with Crippen molar-refractivity contribution in [2.24, 2.45) is 5.92 Å². The molecule has 3 fully saturated rings. The second-order valence-electron chi connectivity index (χ2n) is 9.33. The van der Waals surface area contributed by atoms with Crippen LogP contribution >= 0.6 is 0 Å². The minimum Gasteiger partial charge on any atom is -0.380 e. The Morgan fingerprint density at radius 1 is 0.793 bits per heavy atom. The van der Waals surface area contributed by atoms with E-state index in [-0.39, 0.29) is 10.9 Å². The van der Waals surface area contributed by atoms with Gasteiger partial charge in [0.15, 0.2) is 0 Å². The molecule has 0 spiro atoms. The number of hydrogen-bond acceptors (Lipinski definition) is 6. The molecule has 0 bridgehead atoms. The lowest BCUT2D eigenvalue weighted by Crippen LogP contribution is -2.42. The van der Waals surface area contributed by atoms with Gasteiger partial charge < -0.3 is 20.7 Å². The van der Waals surface area contributed by atoms with Gasteiger partial charge in [-0.05, 0) is 76.8 Å². The molecule has 1 aromatic rings. The van der Waals surface area contributed by atoms with E-state index in [1.54, 1.807) is 0 Å². The van der Waals surface area contributed by atoms with Gasteiger partial charge in [-0.15, -0.1) is 0 Å². The quantitative estimate of drug-likeness (QED) is 0.579. The summed E-state index contributed by atoms with van der Waals surface area (Å²) >= 11 is 0. The van der Waals surface area contributed by atoms with Crippen molar-refractivity contribution in [2.75, 3.05) is 30.3 Å². The highest BCUT2D eigenvalue weighted by Gasteiger charge is 2.26. The standard InChI is InChI=1S/C23H37N3O3/c27-22-20(21(23(22)28)26-17-11-13-24-14-12-17)25-15-10-16-6-8-19(9-7-16)29-18-4-2-1-3-5-18/h16-19,24-26H,1-15H2. The minimum atomic E-state index is -0.356. The zero-order valence-corrected chi connectivity index (χ0v) is 17.6. The molecule has 6 heteroatoms. The molecule has 2 saturated carbocycles. The van der Waals surface area contributed by atoms with Crippen LogP contribution in [0.25, 0.3) is 0 Å². The lowest BCUT2D eigenvalue weighted by molar-refractivity contribution is -0.0510. The Labute approximate surface area is 173 Å². The van der Waals surface area contributed by atoms with Gasteiger partial charge in [0.1, 0.15) is 11.4 Å². The van der Waals surface area contributed by atoms with Crippen molar-refractivity contribution in [2.45, 2.75) is 95.3 Å². The van der Waals surface area contributed by atoms with E-state index in [1.165, 1.54) is 57.8 Å². The highest BCUT2D eigenvalue weighted by atomic mass is 16.5. The first-order valence-electron chi connectivity index (χ1n) is 11.9. The van der Waals surface area contributed by atoms with Crippen molar-refractivity contribution >= 4 is 11.4 Å². The number of rotatable bonds is 8. The predicted molar refractivity (Wildman–Crippen MR) is 118 cm³/mol. The second-order valence-corrected chi connectivity index (χ2v) is 9.33. The third-order valence-corrected chi connectivity index (χ3v) is 7.18. The molecule has 4 rings (SSSR count). The van der Waals surface area contributed by atoms with E-state index in [2.05, 4.69) is 16.0 Å². The summed E-state index contributed by atoms with van der Waals surface area (Å²) in [5.74, 6) is 0.695. The smallest absolute Gasteiger partial charge is 0.253 e. The highest BCUT2D eigenvalue weighted by Crippen LogP contribution is 2.31. The van der Waals surface area contributed by atoms with Crippen LogP contribution in [-0.2, 0) is 4.74 Å². The molecule has 0 amide bonds. The topological polar surface area (TPSA) is 79.5 Å². The average molecular weight is 404 g/mol. The summed E-state index contributed by atoms with van der Waals surface area (Å²) in [7, 11) is 0. The van der Waals surface area contributed by atoms with Crippen LogP contribution in [0.2, 0.25) is 0 Å². The van der Waals surface area contributed by atoms with Crippen LogP contribution in [0, 0.1) is 5.92 Å². The van der Waals surface area contributed by atoms with Crippen LogP contribution in [0.5, 0.6) is 0 Å². The summed E-state index contributed by atoms with van der Waals surface area (Å²) in [4.78, 5) is 24.0. The molecule has 3 N–H and O–H groups in total. The summed E-state index contributed by atoms with van der Waals surface area (Å²) < 4.78 is 6.34. The third-order valence-electron chi connectivity index (χ3n) is 7.18. The molecule has 162 valence electrons. The van der Waals surface area contributed by atoms with E-state index in [1.807, 2.05) is 0 Å². The molecule has 0 aromatic heterocycles. The van der Waals surface area contributed by atoms with Crippen LogP contribution in [0.4, 0.5) is 11.4 Å². The zero-order valence-electron chi connectivity index (χ0n) is 17.6. The molecule has 0 atom stereocenters. The Balaban J connectivity index is 1.17. The first kappa shape index (κ1) is 20.9. The van der Waals surface area contributed by atoms with Crippen molar-refractivity contribution in [3.8, 4) is 0 Å². The van der Waals surface area contributed by atoms with Crippen LogP contribution in [0.1, 0.15) is 77.0 Å². The maximum Gasteiger partial charge on any atom is 0.253 e. The van der Waals surface area contributed by atoms with Crippen molar-refractivity contribution in [3.05, 3.63) is 20.4 Å². The van der Waals surface area contributed by atoms with E-state index < -0.39 is 0 Å². The number of ether oxygens (including phenoxy) is 1. The van der Waals surface area contributed by atoms with Crippen molar-refractivity contribution < 1.29 is 4.74 Å². The summed E-state index contributed by atoms with van der Waals surface area (Å²) in [5, 5.41) is 9.89. The number of nitrogens with one attached hydrogen (secondary N) is 3. The zero-order chi connectivity index (χ0) is 20.1. The summed E-state index contributed by atoms with van der Waals surface area (Å²) in [6.07, 6.45) is 15.3. The predicted octanol–water partition coefficient (Wildman–Crippen LogP) is 3.16. The molecule has 3 aliphatic rings. The molecule has 0 unspecified atom stereocenters. The van der Waals surface area contributed by atoms with Crippen molar-refractivity contribution in [3.63, 3.8) is 0 Å². The van der Waals surface area contributed by atoms with Crippen molar-refractivity contribution in [1.82, 2.24) is 5.32 Å². The first-order valence-corrected chi connectivity index (χ1v) is 11.9. The van der Waals surface area contributed by atoms with Crippen LogP contribution in [-0.4, -0.2) is 37.9 Å². The molecule has 29 heavy (non-hydrogen) atoms. The van der Waals surface area contributed by atoms with Gasteiger partial charge >= 0.3 is 0 Å². The number of anilines is 2. The lowest BCUT2D eigenvalue weighted by atomic mass is 9.85. The van der Waals surface area contributed by atoms with E-state index in [0.29, 0.717) is 35.5 Å². The van der Waals surface area contributed by atoms with Gasteiger partial charge in [-0.25, -0.2) is 0 Å². The maximum absolute atomic E-state index is 12.0. The second kappa shape index (κ2) is 10.1. The molecule has 1 heterocycles. The fourth-order valence-electron chi connectivity index (χ4n) is 5.30. The molecule has 1 saturated heterocycles. The van der Waals surface area contributed by atoms with Gasteiger partial charge in [0, 0.05) is 12.6 Å². The highest BCUT2D eigenvalue weighted by molar-refractivity contribution is 5.74. The van der Waals surface area contributed by atoms with Gasteiger partial charge in [0.05, 0.1) is 12.2 Å². The summed E-state index contributed by atoms with van der Waals surface area (Å²) in [6, 6.07) is 0.291. The van der Waals surface area contributed by atoms with Crippen LogP contribution < -0.4 is 26.8 Å². The molecular weight excluding hydrogens is 366 g/mol. The Morgan fingerprint density at radius 2 is 1.45 bits per heavy atom. The maximum atomic E-state index is 12.0. The molecule has 1 aromatic carbocycles. The van der Waals surface area contributed by atoms with Gasteiger partial charge in [-0.2, -0.15) is 0 Å². The van der Waals surface area contributed by atoms with Crippen molar-refractivity contribution in [1.29, 1.82) is 0 Å². The largest absolute Gasteiger partial charge is 0.380 e. The minimum absolute atomic E-state index is 0.291. The molecule has 0 radical (unpaired) electrons. The molecule has 6 nitrogen and oxygen atoms in total. The van der Waals surface area contributed by atoms with Gasteiger partial charge in [0.25, 0.3) is 10.9 Å². The van der Waals surface area contributed by atoms with Crippen LogP contribution in [0.15, 0.2) is 9.59 Å². The van der Waals surface area contributed by atoms with E-state index in [4.69, 9.17) is 4.74 Å². The molecule has 1 aliphatic heterocycles. The first-order chi connectivity index (χ1) is 14.2. The fraction of sp³-hybridized carbons (Fsp3) is 0.826. The Hall–Kier alpha value is -1.40. The third kappa shape index (κ3) is 5.40. The summed E-state index contributed by atoms with van der Waals surface area (Å²) in [6.45, 7) is 2.69. The van der Waals surface area contributed by atoms with Gasteiger partial charge in [0.2, 0.25) is 0 Å². The lowest BCUT2D eigenvalue weighted by Gasteiger charge is -2.33. The van der Waals surface area contributed by atoms with Gasteiger partial charge in [-0.1, -0.05) is 19.3 Å². The monoisotopic (exact) mass is 403 g/mol. The fourth-order valence-corrected chi connectivity index (χ4v) is 5.30. The Bertz CT molecular complexity index is 707. The molecular formula is C23H37N3O3. The van der Waals surface area contributed by atoms with E-state index in [0.717, 1.165) is 38.9 Å². The number of hydrogen-bond donors (Lipinski definition) is 3. The average Bonchev–Trinajstić information content (AvgIpc) is 2.78. The van der Waals surface area contributed by atoms with Crippen LogP contribution in [0.3, 0.4) is 0 Å². The Kier molecular flexibility index (Phi) is 7.24. The normalized spacial score (nSPS) is 27.2.